The van der Waals surface area contributed by atoms with Crippen molar-refractivity contribution < 1.29 is 9.90 Å². The molecule has 112 valence electrons. The average Bonchev–Trinajstić information content (AvgIpc) is 2.87. The molecular weight excluding hydrogens is 256 g/mol. The van der Waals surface area contributed by atoms with Crippen molar-refractivity contribution in [2.75, 3.05) is 6.54 Å². The first-order valence-corrected chi connectivity index (χ1v) is 7.25. The zero-order valence-corrected chi connectivity index (χ0v) is 12.4. The standard InChI is InChI=1S/C14H24N4O2/c1-14(2,3)13-16-11(17-18-13)12(20)15-8-9-4-6-10(19)7-5-9/h9-10,19H,4-8H2,1-3H3,(H,15,20)(H,16,17,18). The molecule has 0 unspecified atom stereocenters. The maximum absolute atomic E-state index is 12.0. The highest BCUT2D eigenvalue weighted by Crippen LogP contribution is 2.23. The number of nitrogens with zero attached hydrogens (tertiary/aromatic N) is 2. The number of carbonyl (C=O) groups is 1. The first-order valence-electron chi connectivity index (χ1n) is 7.25. The van der Waals surface area contributed by atoms with Gasteiger partial charge in [-0.3, -0.25) is 9.89 Å². The molecule has 0 atom stereocenters. The van der Waals surface area contributed by atoms with E-state index in [2.05, 4.69) is 20.5 Å². The molecule has 0 saturated heterocycles. The summed E-state index contributed by atoms with van der Waals surface area (Å²) in [5, 5.41) is 19.1. The minimum absolute atomic E-state index is 0.148. The van der Waals surface area contributed by atoms with E-state index in [1.54, 1.807) is 0 Å². The Labute approximate surface area is 119 Å². The summed E-state index contributed by atoms with van der Waals surface area (Å²) >= 11 is 0. The summed E-state index contributed by atoms with van der Waals surface area (Å²) in [6.07, 6.45) is 3.42. The monoisotopic (exact) mass is 280 g/mol. The highest BCUT2D eigenvalue weighted by molar-refractivity contribution is 5.90. The molecule has 1 saturated carbocycles. The molecule has 6 heteroatoms. The third-order valence-corrected chi connectivity index (χ3v) is 3.77. The van der Waals surface area contributed by atoms with E-state index < -0.39 is 0 Å². The lowest BCUT2D eigenvalue weighted by molar-refractivity contribution is 0.0901. The van der Waals surface area contributed by atoms with Crippen molar-refractivity contribution in [3.63, 3.8) is 0 Å². The Bertz CT molecular complexity index is 456. The Morgan fingerprint density at radius 1 is 1.35 bits per heavy atom. The lowest BCUT2D eigenvalue weighted by atomic mass is 9.87. The highest BCUT2D eigenvalue weighted by Gasteiger charge is 2.23. The van der Waals surface area contributed by atoms with Crippen LogP contribution in [-0.2, 0) is 5.41 Å². The average molecular weight is 280 g/mol. The van der Waals surface area contributed by atoms with Crippen molar-refractivity contribution in [2.45, 2.75) is 58.0 Å². The van der Waals surface area contributed by atoms with Gasteiger partial charge >= 0.3 is 0 Å². The summed E-state index contributed by atoms with van der Waals surface area (Å²) in [6.45, 7) is 6.68. The minimum atomic E-state index is -0.233. The van der Waals surface area contributed by atoms with Gasteiger partial charge in [0.15, 0.2) is 0 Å². The third-order valence-electron chi connectivity index (χ3n) is 3.77. The van der Waals surface area contributed by atoms with Crippen LogP contribution in [0.3, 0.4) is 0 Å². The fraction of sp³-hybridized carbons (Fsp3) is 0.786. The van der Waals surface area contributed by atoms with Crippen LogP contribution in [0.4, 0.5) is 0 Å². The smallest absolute Gasteiger partial charge is 0.290 e. The number of H-pyrrole nitrogens is 1. The quantitative estimate of drug-likeness (QED) is 0.780. The Balaban J connectivity index is 1.84. The van der Waals surface area contributed by atoms with Crippen LogP contribution in [0.1, 0.15) is 62.9 Å². The number of hydrogen-bond donors (Lipinski definition) is 3. The van der Waals surface area contributed by atoms with E-state index in [0.717, 1.165) is 25.7 Å². The van der Waals surface area contributed by atoms with Crippen molar-refractivity contribution in [3.8, 4) is 0 Å². The van der Waals surface area contributed by atoms with Gasteiger partial charge in [-0.1, -0.05) is 20.8 Å². The summed E-state index contributed by atoms with van der Waals surface area (Å²) in [5.74, 6) is 1.13. The van der Waals surface area contributed by atoms with Crippen molar-refractivity contribution >= 4 is 5.91 Å². The molecule has 1 fully saturated rings. The van der Waals surface area contributed by atoms with Crippen LogP contribution < -0.4 is 5.32 Å². The fourth-order valence-electron chi connectivity index (χ4n) is 2.36. The molecule has 20 heavy (non-hydrogen) atoms. The highest BCUT2D eigenvalue weighted by atomic mass is 16.3. The number of aromatic nitrogens is 3. The van der Waals surface area contributed by atoms with Crippen LogP contribution >= 0.6 is 0 Å². The maximum atomic E-state index is 12.0. The van der Waals surface area contributed by atoms with E-state index in [1.807, 2.05) is 20.8 Å². The molecular formula is C14H24N4O2. The number of aliphatic hydroxyl groups excluding tert-OH is 1. The predicted molar refractivity (Wildman–Crippen MR) is 75.4 cm³/mol. The van der Waals surface area contributed by atoms with Gasteiger partial charge in [-0.05, 0) is 31.6 Å². The molecule has 3 N–H and O–H groups in total. The predicted octanol–water partition coefficient (Wildman–Crippen LogP) is 1.38. The summed E-state index contributed by atoms with van der Waals surface area (Å²) in [6, 6.07) is 0. The largest absolute Gasteiger partial charge is 0.393 e. The number of amides is 1. The molecule has 1 aromatic heterocycles. The third kappa shape index (κ3) is 3.79. The van der Waals surface area contributed by atoms with Crippen LogP contribution in [-0.4, -0.2) is 38.8 Å². The Morgan fingerprint density at radius 2 is 2.00 bits per heavy atom. The topological polar surface area (TPSA) is 90.9 Å². The Kier molecular flexibility index (Phi) is 4.42. The molecule has 6 nitrogen and oxygen atoms in total. The molecule has 1 amide bonds. The number of aliphatic hydroxyl groups is 1. The maximum Gasteiger partial charge on any atom is 0.290 e. The summed E-state index contributed by atoms with van der Waals surface area (Å²) < 4.78 is 0. The van der Waals surface area contributed by atoms with E-state index in [1.165, 1.54) is 0 Å². The van der Waals surface area contributed by atoms with Gasteiger partial charge in [0.2, 0.25) is 5.82 Å². The number of nitrogens with one attached hydrogen (secondary N) is 2. The fourth-order valence-corrected chi connectivity index (χ4v) is 2.36. The van der Waals surface area contributed by atoms with Crippen LogP contribution in [0.2, 0.25) is 0 Å². The Hall–Kier alpha value is -1.43. The second kappa shape index (κ2) is 5.91. The minimum Gasteiger partial charge on any atom is -0.393 e. The van der Waals surface area contributed by atoms with E-state index in [9.17, 15) is 9.90 Å². The van der Waals surface area contributed by atoms with Gasteiger partial charge in [0.05, 0.1) is 6.10 Å². The van der Waals surface area contributed by atoms with Gasteiger partial charge in [-0.25, -0.2) is 4.98 Å². The molecule has 1 aromatic rings. The number of hydrogen-bond acceptors (Lipinski definition) is 4. The molecule has 0 bridgehead atoms. The summed E-state index contributed by atoms with van der Waals surface area (Å²) in [7, 11) is 0. The normalized spacial score (nSPS) is 23.6. The zero-order chi connectivity index (χ0) is 14.8. The zero-order valence-electron chi connectivity index (χ0n) is 12.4. The Morgan fingerprint density at radius 3 is 2.55 bits per heavy atom. The van der Waals surface area contributed by atoms with E-state index >= 15 is 0 Å². The SMILES string of the molecule is CC(C)(C)c1nc(C(=O)NCC2CCC(O)CC2)n[nH]1. The van der Waals surface area contributed by atoms with E-state index in [4.69, 9.17) is 0 Å². The molecule has 1 heterocycles. The first-order chi connectivity index (χ1) is 9.36. The number of carbonyl (C=O) groups excluding carboxylic acids is 1. The molecule has 1 aliphatic carbocycles. The lowest BCUT2D eigenvalue weighted by Gasteiger charge is -2.25. The van der Waals surface area contributed by atoms with Crippen LogP contribution in [0.25, 0.3) is 0 Å². The van der Waals surface area contributed by atoms with Gasteiger partial charge in [0.25, 0.3) is 5.91 Å². The van der Waals surface area contributed by atoms with Gasteiger partial charge in [-0.15, -0.1) is 5.10 Å². The van der Waals surface area contributed by atoms with Crippen LogP contribution in [0.5, 0.6) is 0 Å². The van der Waals surface area contributed by atoms with E-state index in [0.29, 0.717) is 18.3 Å². The second-order valence-corrected chi connectivity index (χ2v) is 6.64. The van der Waals surface area contributed by atoms with Crippen molar-refractivity contribution in [2.24, 2.45) is 5.92 Å². The van der Waals surface area contributed by atoms with Gasteiger partial charge < -0.3 is 10.4 Å². The van der Waals surface area contributed by atoms with Gasteiger partial charge in [0, 0.05) is 12.0 Å². The molecule has 2 rings (SSSR count). The molecule has 1 aliphatic rings. The van der Waals surface area contributed by atoms with Gasteiger partial charge in [0.1, 0.15) is 5.82 Å². The van der Waals surface area contributed by atoms with E-state index in [-0.39, 0.29) is 23.3 Å². The van der Waals surface area contributed by atoms with Crippen molar-refractivity contribution in [3.05, 3.63) is 11.6 Å². The van der Waals surface area contributed by atoms with Gasteiger partial charge in [-0.2, -0.15) is 0 Å². The molecule has 0 aliphatic heterocycles. The lowest BCUT2D eigenvalue weighted by Crippen LogP contribution is -2.32. The van der Waals surface area contributed by atoms with Crippen LogP contribution in [0, 0.1) is 5.92 Å². The van der Waals surface area contributed by atoms with Crippen LogP contribution in [0.15, 0.2) is 0 Å². The second-order valence-electron chi connectivity index (χ2n) is 6.64. The number of rotatable bonds is 3. The molecule has 0 aromatic carbocycles. The van der Waals surface area contributed by atoms with Crippen molar-refractivity contribution in [1.82, 2.24) is 20.5 Å². The summed E-state index contributed by atoms with van der Waals surface area (Å²) in [5.41, 5.74) is -0.148. The first kappa shape index (κ1) is 15.0. The number of aromatic amines is 1. The molecule has 0 spiro atoms. The summed E-state index contributed by atoms with van der Waals surface area (Å²) in [4.78, 5) is 16.2. The molecule has 0 radical (unpaired) electrons. The van der Waals surface area contributed by atoms with Crippen molar-refractivity contribution in [1.29, 1.82) is 0 Å².